The largest absolute Gasteiger partial charge is 0.248 e. The molecule has 0 N–H and O–H groups in total. The Kier molecular flexibility index (Phi) is 2.55. The summed E-state index contributed by atoms with van der Waals surface area (Å²) < 4.78 is 2.65. The van der Waals surface area contributed by atoms with Crippen molar-refractivity contribution in [2.45, 2.75) is 0 Å². The van der Waals surface area contributed by atoms with Crippen molar-refractivity contribution in [3.8, 4) is 11.3 Å². The number of rotatable bonds is 1. The molecular formula is C23H13NS. The highest BCUT2D eigenvalue weighted by atomic mass is 32.1. The van der Waals surface area contributed by atoms with E-state index in [1.54, 1.807) is 0 Å². The maximum absolute atomic E-state index is 4.99. The molecule has 5 aromatic rings. The van der Waals surface area contributed by atoms with Gasteiger partial charge in [0.1, 0.15) is 0 Å². The number of hydrogen-bond donors (Lipinski definition) is 0. The van der Waals surface area contributed by atoms with Gasteiger partial charge in [-0.25, -0.2) is 4.98 Å². The Hall–Kier alpha value is -2.97. The molecule has 0 saturated carbocycles. The maximum atomic E-state index is 4.99. The Balaban J connectivity index is 1.71. The van der Waals surface area contributed by atoms with Crippen LogP contribution >= 0.6 is 11.3 Å². The smallest absolute Gasteiger partial charge is 0.0730 e. The molecule has 6 rings (SSSR count). The van der Waals surface area contributed by atoms with E-state index in [1.807, 2.05) is 11.3 Å². The van der Waals surface area contributed by atoms with Crippen molar-refractivity contribution in [1.29, 1.82) is 0 Å². The monoisotopic (exact) mass is 335 g/mol. The van der Waals surface area contributed by atoms with Gasteiger partial charge < -0.3 is 0 Å². The molecule has 3 aromatic carbocycles. The summed E-state index contributed by atoms with van der Waals surface area (Å²) >= 11 is 1.86. The molecular weight excluding hydrogens is 322 g/mol. The number of benzene rings is 3. The van der Waals surface area contributed by atoms with Gasteiger partial charge in [0.15, 0.2) is 0 Å². The highest BCUT2D eigenvalue weighted by molar-refractivity contribution is 7.26. The summed E-state index contributed by atoms with van der Waals surface area (Å²) in [5.41, 5.74) is 5.90. The molecule has 1 aliphatic carbocycles. The first-order chi connectivity index (χ1) is 12.4. The minimum atomic E-state index is 1.06. The number of hydrogen-bond acceptors (Lipinski definition) is 2. The van der Waals surface area contributed by atoms with Gasteiger partial charge in [0.05, 0.1) is 11.2 Å². The summed E-state index contributed by atoms with van der Waals surface area (Å²) in [4.78, 5) is 4.99. The van der Waals surface area contributed by atoms with Crippen molar-refractivity contribution < 1.29 is 0 Å². The molecule has 0 radical (unpaired) electrons. The molecule has 2 aromatic heterocycles. The van der Waals surface area contributed by atoms with E-state index in [4.69, 9.17) is 4.98 Å². The van der Waals surface area contributed by atoms with Crippen LogP contribution in [0.3, 0.4) is 0 Å². The van der Waals surface area contributed by atoms with Gasteiger partial charge in [-0.05, 0) is 29.3 Å². The van der Waals surface area contributed by atoms with Crippen LogP contribution in [0, 0.1) is 0 Å². The zero-order chi connectivity index (χ0) is 16.4. The van der Waals surface area contributed by atoms with Gasteiger partial charge in [-0.1, -0.05) is 60.7 Å². The van der Waals surface area contributed by atoms with Crippen LogP contribution in [-0.4, -0.2) is 4.98 Å². The lowest BCUT2D eigenvalue weighted by Gasteiger charge is -2.07. The zero-order valence-corrected chi connectivity index (χ0v) is 14.2. The van der Waals surface area contributed by atoms with Gasteiger partial charge in [-0.3, -0.25) is 0 Å². The molecule has 0 bridgehead atoms. The van der Waals surface area contributed by atoms with Gasteiger partial charge in [-0.15, -0.1) is 11.3 Å². The normalized spacial score (nSPS) is 12.6. The predicted octanol–water partition coefficient (Wildman–Crippen LogP) is 6.75. The van der Waals surface area contributed by atoms with Crippen LogP contribution in [0.15, 0.2) is 66.7 Å². The van der Waals surface area contributed by atoms with Crippen LogP contribution in [0.5, 0.6) is 0 Å². The fourth-order valence-corrected chi connectivity index (χ4v) is 5.11. The minimum Gasteiger partial charge on any atom is -0.248 e. The van der Waals surface area contributed by atoms with Crippen molar-refractivity contribution in [2.75, 3.05) is 0 Å². The van der Waals surface area contributed by atoms with E-state index < -0.39 is 0 Å². The van der Waals surface area contributed by atoms with Gasteiger partial charge in [0.25, 0.3) is 0 Å². The van der Waals surface area contributed by atoms with E-state index in [-0.39, 0.29) is 0 Å². The van der Waals surface area contributed by atoms with Crippen molar-refractivity contribution in [3.05, 3.63) is 77.9 Å². The Bertz CT molecular complexity index is 1340. The number of aromatic nitrogens is 1. The van der Waals surface area contributed by atoms with E-state index in [2.05, 4.69) is 78.9 Å². The third kappa shape index (κ3) is 1.80. The first-order valence-corrected chi connectivity index (χ1v) is 9.23. The Morgan fingerprint density at radius 3 is 2.56 bits per heavy atom. The van der Waals surface area contributed by atoms with Gasteiger partial charge in [-0.2, -0.15) is 0 Å². The van der Waals surface area contributed by atoms with E-state index in [0.717, 1.165) is 11.2 Å². The lowest BCUT2D eigenvalue weighted by molar-refractivity contribution is 1.41. The summed E-state index contributed by atoms with van der Waals surface area (Å²) in [6.45, 7) is 0. The summed E-state index contributed by atoms with van der Waals surface area (Å²) in [6, 6.07) is 23.8. The quantitative estimate of drug-likeness (QED) is 0.324. The van der Waals surface area contributed by atoms with Crippen LogP contribution in [0.2, 0.25) is 0 Å². The molecule has 0 atom stereocenters. The molecule has 0 saturated heterocycles. The van der Waals surface area contributed by atoms with Crippen LogP contribution < -0.4 is 0 Å². The maximum Gasteiger partial charge on any atom is 0.0730 e. The average molecular weight is 335 g/mol. The number of nitrogens with zero attached hydrogens (tertiary/aromatic N) is 1. The van der Waals surface area contributed by atoms with E-state index in [9.17, 15) is 0 Å². The first kappa shape index (κ1) is 13.3. The van der Waals surface area contributed by atoms with Crippen molar-refractivity contribution in [3.63, 3.8) is 0 Å². The Labute approximate surface area is 148 Å². The molecule has 2 heteroatoms. The second-order valence-electron chi connectivity index (χ2n) is 6.45. The molecule has 1 aliphatic rings. The molecule has 2 heterocycles. The third-order valence-corrected chi connectivity index (χ3v) is 6.24. The van der Waals surface area contributed by atoms with Crippen LogP contribution in [0.25, 0.3) is 54.5 Å². The molecule has 1 nitrogen and oxygen atoms in total. The summed E-state index contributed by atoms with van der Waals surface area (Å²) in [5.74, 6) is 0. The fraction of sp³-hybridized carbons (Fsp3) is 0. The number of fused-ring (bicyclic) bond motifs is 3. The van der Waals surface area contributed by atoms with Gasteiger partial charge in [0.2, 0.25) is 0 Å². The topological polar surface area (TPSA) is 12.9 Å². The van der Waals surface area contributed by atoms with Gasteiger partial charge >= 0.3 is 0 Å². The van der Waals surface area contributed by atoms with E-state index in [0.29, 0.717) is 0 Å². The molecule has 0 unspecified atom stereocenters. The van der Waals surface area contributed by atoms with E-state index in [1.165, 1.54) is 42.2 Å². The van der Waals surface area contributed by atoms with Crippen molar-refractivity contribution in [1.82, 2.24) is 4.98 Å². The summed E-state index contributed by atoms with van der Waals surface area (Å²) in [6.07, 6.45) is 4.39. The van der Waals surface area contributed by atoms with Crippen LogP contribution in [0.4, 0.5) is 0 Å². The lowest BCUT2D eigenvalue weighted by Crippen LogP contribution is -1.88. The molecule has 0 spiro atoms. The molecule has 0 aliphatic heterocycles. The molecule has 25 heavy (non-hydrogen) atoms. The average Bonchev–Trinajstić information content (AvgIpc) is 3.24. The standard InChI is InChI=1S/C23H13NS/c1-2-10-21-16(6-1)17-7-4-8-18(23(17)25-21)20-13-15-12-11-14-5-3-9-19(24-20)22(14)15/h1-13H. The predicted molar refractivity (Wildman–Crippen MR) is 109 cm³/mol. The first-order valence-electron chi connectivity index (χ1n) is 8.41. The SMILES string of the molecule is C1=Cc2cc(-c3cccc4c3sc3ccccc34)nc3cccc1c23. The highest BCUT2D eigenvalue weighted by Crippen LogP contribution is 2.41. The second kappa shape index (κ2) is 4.78. The molecule has 0 fully saturated rings. The third-order valence-electron chi connectivity index (χ3n) is 5.02. The second-order valence-corrected chi connectivity index (χ2v) is 7.50. The lowest BCUT2D eigenvalue weighted by atomic mass is 10.0. The molecule has 116 valence electrons. The highest BCUT2D eigenvalue weighted by Gasteiger charge is 2.15. The number of pyridine rings is 1. The molecule has 0 amide bonds. The van der Waals surface area contributed by atoms with Crippen molar-refractivity contribution in [2.24, 2.45) is 0 Å². The van der Waals surface area contributed by atoms with E-state index >= 15 is 0 Å². The summed E-state index contributed by atoms with van der Waals surface area (Å²) in [7, 11) is 0. The van der Waals surface area contributed by atoms with Crippen LogP contribution in [-0.2, 0) is 0 Å². The zero-order valence-electron chi connectivity index (χ0n) is 13.4. The number of thiophene rings is 1. The fourth-order valence-electron chi connectivity index (χ4n) is 3.88. The van der Waals surface area contributed by atoms with Crippen molar-refractivity contribution >= 4 is 54.6 Å². The van der Waals surface area contributed by atoms with Gasteiger partial charge in [0, 0.05) is 31.1 Å². The van der Waals surface area contributed by atoms with Crippen LogP contribution in [0.1, 0.15) is 11.1 Å². The minimum absolute atomic E-state index is 1.06. The Morgan fingerprint density at radius 1 is 0.720 bits per heavy atom. The Morgan fingerprint density at radius 2 is 1.56 bits per heavy atom. The summed E-state index contributed by atoms with van der Waals surface area (Å²) in [5, 5.41) is 3.92.